The lowest BCUT2D eigenvalue weighted by Gasteiger charge is -1.96. The van der Waals surface area contributed by atoms with E-state index in [9.17, 15) is 0 Å². The first kappa shape index (κ1) is 10.4. The van der Waals surface area contributed by atoms with Crippen LogP contribution in [0.2, 0.25) is 0 Å². The second-order valence-electron chi connectivity index (χ2n) is 3.61. The first-order valence-electron chi connectivity index (χ1n) is 5.18. The van der Waals surface area contributed by atoms with Crippen molar-refractivity contribution in [2.75, 3.05) is 0 Å². The largest absolute Gasteiger partial charge is 0.453 e. The van der Waals surface area contributed by atoms with E-state index in [-0.39, 0.29) is 0 Å². The van der Waals surface area contributed by atoms with Gasteiger partial charge in [-0.2, -0.15) is 0 Å². The van der Waals surface area contributed by atoms with Crippen LogP contribution >= 0.6 is 15.9 Å². The molecule has 4 heteroatoms. The van der Waals surface area contributed by atoms with Crippen molar-refractivity contribution in [1.82, 2.24) is 9.97 Å². The summed E-state index contributed by atoms with van der Waals surface area (Å²) >= 11 is 3.41. The van der Waals surface area contributed by atoms with Gasteiger partial charge in [-0.3, -0.25) is 0 Å². The molecule has 0 spiro atoms. The maximum Gasteiger partial charge on any atom is 0.173 e. The Morgan fingerprint density at radius 2 is 1.76 bits per heavy atom. The smallest absolute Gasteiger partial charge is 0.173 e. The molecule has 0 aliphatic rings. The highest BCUT2D eigenvalue weighted by atomic mass is 79.9. The highest BCUT2D eigenvalue weighted by molar-refractivity contribution is 9.10. The van der Waals surface area contributed by atoms with Crippen molar-refractivity contribution >= 4 is 15.9 Å². The molecule has 0 fully saturated rings. The Morgan fingerprint density at radius 1 is 1.00 bits per heavy atom. The zero-order valence-corrected chi connectivity index (χ0v) is 10.4. The second-order valence-corrected chi connectivity index (χ2v) is 4.52. The van der Waals surface area contributed by atoms with E-state index < -0.39 is 0 Å². The van der Waals surface area contributed by atoms with Crippen LogP contribution in [-0.2, 0) is 0 Å². The summed E-state index contributed by atoms with van der Waals surface area (Å²) in [5.41, 5.74) is 1.05. The maximum absolute atomic E-state index is 5.74. The van der Waals surface area contributed by atoms with Gasteiger partial charge in [0.1, 0.15) is 5.76 Å². The Labute approximate surface area is 107 Å². The van der Waals surface area contributed by atoms with Crippen LogP contribution in [-0.4, -0.2) is 9.97 Å². The van der Waals surface area contributed by atoms with E-state index in [4.69, 9.17) is 4.42 Å². The van der Waals surface area contributed by atoms with Crippen molar-refractivity contribution < 1.29 is 4.42 Å². The molecule has 2 heterocycles. The Balaban J connectivity index is 1.98. The molecule has 3 nitrogen and oxygen atoms in total. The van der Waals surface area contributed by atoms with Crippen LogP contribution < -0.4 is 0 Å². The molecule has 0 amide bonds. The molecule has 0 saturated carbocycles. The molecule has 0 aliphatic heterocycles. The number of nitrogens with one attached hydrogen (secondary N) is 1. The molecule has 0 bridgehead atoms. The summed E-state index contributed by atoms with van der Waals surface area (Å²) in [4.78, 5) is 7.17. The quantitative estimate of drug-likeness (QED) is 0.771. The predicted molar refractivity (Wildman–Crippen MR) is 69.4 cm³/mol. The number of H-pyrrole nitrogens is 1. The number of hydrogen-bond donors (Lipinski definition) is 1. The van der Waals surface area contributed by atoms with Crippen molar-refractivity contribution in [3.05, 3.63) is 53.3 Å². The van der Waals surface area contributed by atoms with Gasteiger partial charge in [-0.25, -0.2) is 4.98 Å². The summed E-state index contributed by atoms with van der Waals surface area (Å²) in [6.07, 6.45) is 3.48. The molecule has 2 aromatic heterocycles. The minimum atomic E-state index is 0.743. The van der Waals surface area contributed by atoms with Gasteiger partial charge in [0, 0.05) is 22.4 Å². The van der Waals surface area contributed by atoms with Gasteiger partial charge in [-0.15, -0.1) is 0 Å². The molecule has 17 heavy (non-hydrogen) atoms. The fraction of sp³-hybridized carbons (Fsp3) is 0. The van der Waals surface area contributed by atoms with Crippen molar-refractivity contribution in [2.45, 2.75) is 0 Å². The molecule has 0 radical (unpaired) electrons. The SMILES string of the molecule is Brc1ccc(-c2ccc(-c3ncc[nH]3)o2)cc1. The first-order valence-corrected chi connectivity index (χ1v) is 5.98. The lowest BCUT2D eigenvalue weighted by molar-refractivity contribution is 0.593. The van der Waals surface area contributed by atoms with Crippen molar-refractivity contribution in [3.8, 4) is 22.9 Å². The minimum absolute atomic E-state index is 0.743. The van der Waals surface area contributed by atoms with Gasteiger partial charge >= 0.3 is 0 Å². The van der Waals surface area contributed by atoms with Crippen LogP contribution in [0.15, 0.2) is 57.7 Å². The van der Waals surface area contributed by atoms with E-state index in [2.05, 4.69) is 25.9 Å². The Kier molecular flexibility index (Phi) is 2.57. The van der Waals surface area contributed by atoms with Crippen LogP contribution in [0.3, 0.4) is 0 Å². The average Bonchev–Trinajstić information content (AvgIpc) is 3.00. The van der Waals surface area contributed by atoms with Crippen molar-refractivity contribution in [2.24, 2.45) is 0 Å². The third-order valence-electron chi connectivity index (χ3n) is 2.47. The molecule has 0 saturated heterocycles. The Bertz CT molecular complexity index is 611. The van der Waals surface area contributed by atoms with Crippen LogP contribution in [0.25, 0.3) is 22.9 Å². The lowest BCUT2D eigenvalue weighted by Crippen LogP contribution is -1.75. The standard InChI is InChI=1S/C13H9BrN2O/c14-10-3-1-9(2-4-10)11-5-6-12(17-11)13-15-7-8-16-13/h1-8H,(H,15,16). The van der Waals surface area contributed by atoms with Crippen molar-refractivity contribution in [3.63, 3.8) is 0 Å². The third kappa shape index (κ3) is 2.03. The zero-order chi connectivity index (χ0) is 11.7. The van der Waals surface area contributed by atoms with Gasteiger partial charge in [-0.1, -0.05) is 28.1 Å². The fourth-order valence-corrected chi connectivity index (χ4v) is 1.90. The Morgan fingerprint density at radius 3 is 2.47 bits per heavy atom. The predicted octanol–water partition coefficient (Wildman–Crippen LogP) is 4.10. The van der Waals surface area contributed by atoms with E-state index in [0.717, 1.165) is 27.4 Å². The number of aromatic amines is 1. The van der Waals surface area contributed by atoms with Crippen molar-refractivity contribution in [1.29, 1.82) is 0 Å². The number of furan rings is 1. The number of benzene rings is 1. The van der Waals surface area contributed by atoms with Gasteiger partial charge in [0.15, 0.2) is 11.6 Å². The summed E-state index contributed by atoms with van der Waals surface area (Å²) in [7, 11) is 0. The molecular weight excluding hydrogens is 280 g/mol. The number of imidazole rings is 1. The van der Waals surface area contributed by atoms with E-state index >= 15 is 0 Å². The second kappa shape index (κ2) is 4.22. The number of halogens is 1. The molecule has 3 aromatic rings. The average molecular weight is 289 g/mol. The topological polar surface area (TPSA) is 41.8 Å². The van der Waals surface area contributed by atoms with Gasteiger partial charge < -0.3 is 9.40 Å². The zero-order valence-electron chi connectivity index (χ0n) is 8.85. The van der Waals surface area contributed by atoms with Gasteiger partial charge in [0.25, 0.3) is 0 Å². The molecule has 1 N–H and O–H groups in total. The van der Waals surface area contributed by atoms with Crippen LogP contribution in [0.5, 0.6) is 0 Å². The molecule has 0 atom stereocenters. The van der Waals surface area contributed by atoms with Gasteiger partial charge in [-0.05, 0) is 24.3 Å². The highest BCUT2D eigenvalue weighted by Gasteiger charge is 2.07. The molecule has 84 valence electrons. The summed E-state index contributed by atoms with van der Waals surface area (Å²) in [5.74, 6) is 2.32. The van der Waals surface area contributed by atoms with Gasteiger partial charge in [0.2, 0.25) is 0 Å². The van der Waals surface area contributed by atoms with E-state index in [1.54, 1.807) is 12.4 Å². The monoisotopic (exact) mass is 288 g/mol. The van der Waals surface area contributed by atoms with Crippen LogP contribution in [0, 0.1) is 0 Å². The number of nitrogens with zero attached hydrogens (tertiary/aromatic N) is 1. The summed E-state index contributed by atoms with van der Waals surface area (Å²) in [6, 6.07) is 11.9. The van der Waals surface area contributed by atoms with E-state index in [1.807, 2.05) is 36.4 Å². The summed E-state index contributed by atoms with van der Waals surface area (Å²) in [6.45, 7) is 0. The highest BCUT2D eigenvalue weighted by Crippen LogP contribution is 2.27. The molecule has 0 aliphatic carbocycles. The number of rotatable bonds is 2. The normalized spacial score (nSPS) is 10.6. The lowest BCUT2D eigenvalue weighted by atomic mass is 10.2. The van der Waals surface area contributed by atoms with Crippen LogP contribution in [0.4, 0.5) is 0 Å². The molecule has 0 unspecified atom stereocenters. The van der Waals surface area contributed by atoms with Gasteiger partial charge in [0.05, 0.1) is 0 Å². The minimum Gasteiger partial charge on any atom is -0.453 e. The fourth-order valence-electron chi connectivity index (χ4n) is 1.63. The van der Waals surface area contributed by atoms with E-state index in [0.29, 0.717) is 0 Å². The molecular formula is C13H9BrN2O. The van der Waals surface area contributed by atoms with Crippen LogP contribution in [0.1, 0.15) is 0 Å². The number of hydrogen-bond acceptors (Lipinski definition) is 2. The Hall–Kier alpha value is -1.81. The first-order chi connectivity index (χ1) is 8.33. The summed E-state index contributed by atoms with van der Waals surface area (Å²) < 4.78 is 6.80. The molecule has 3 rings (SSSR count). The third-order valence-corrected chi connectivity index (χ3v) is 3.00. The number of aromatic nitrogens is 2. The summed E-state index contributed by atoms with van der Waals surface area (Å²) in [5, 5.41) is 0. The molecule has 1 aromatic carbocycles. The van der Waals surface area contributed by atoms with E-state index in [1.165, 1.54) is 0 Å². The maximum atomic E-state index is 5.74.